The molecule has 12 aromatic rings. The highest BCUT2D eigenvalue weighted by molar-refractivity contribution is 7.99. The van der Waals surface area contributed by atoms with Crippen molar-refractivity contribution in [2.45, 2.75) is 15.2 Å². The zero-order valence-corrected chi connectivity index (χ0v) is 34.8. The molecular weight excluding hydrogens is 785 g/mol. The van der Waals surface area contributed by atoms with Crippen LogP contribution in [0.25, 0.3) is 71.3 Å². The van der Waals surface area contributed by atoms with Crippen LogP contribution < -0.4 is 4.90 Å². The third-order valence-corrected chi connectivity index (χ3v) is 14.8. The molecule has 2 aliphatic rings. The van der Waals surface area contributed by atoms with E-state index in [1.807, 2.05) is 23.9 Å². The van der Waals surface area contributed by atoms with E-state index in [4.69, 9.17) is 4.42 Å². The summed E-state index contributed by atoms with van der Waals surface area (Å²) in [7, 11) is 0. The molecule has 294 valence electrons. The van der Waals surface area contributed by atoms with E-state index in [1.165, 1.54) is 64.7 Å². The molecule has 0 radical (unpaired) electrons. The van der Waals surface area contributed by atoms with E-state index in [-0.39, 0.29) is 0 Å². The molecule has 0 N–H and O–H groups in total. The summed E-state index contributed by atoms with van der Waals surface area (Å²) in [4.78, 5) is 5.06. The molecular formula is C59H36N2OS. The molecule has 63 heavy (non-hydrogen) atoms. The zero-order valence-electron chi connectivity index (χ0n) is 34.0. The van der Waals surface area contributed by atoms with E-state index in [0.29, 0.717) is 0 Å². The van der Waals surface area contributed by atoms with Crippen LogP contribution in [0.2, 0.25) is 0 Å². The highest BCUT2D eigenvalue weighted by Crippen LogP contribution is 2.62. The first kappa shape index (κ1) is 34.9. The van der Waals surface area contributed by atoms with Gasteiger partial charge in [-0.3, -0.25) is 0 Å². The predicted octanol–water partition coefficient (Wildman–Crippen LogP) is 16.1. The summed E-state index contributed by atoms with van der Waals surface area (Å²) in [6.07, 6.45) is 0. The third kappa shape index (κ3) is 4.76. The Hall–Kier alpha value is -7.79. The van der Waals surface area contributed by atoms with Crippen molar-refractivity contribution >= 4 is 83.3 Å². The second-order valence-electron chi connectivity index (χ2n) is 16.8. The lowest BCUT2D eigenvalue weighted by Gasteiger charge is -2.46. The van der Waals surface area contributed by atoms with Crippen molar-refractivity contribution in [1.82, 2.24) is 4.57 Å². The molecule has 10 aromatic carbocycles. The molecule has 1 aliphatic heterocycles. The molecule has 2 aromatic heterocycles. The lowest BCUT2D eigenvalue weighted by atomic mass is 9.59. The lowest BCUT2D eigenvalue weighted by Crippen LogP contribution is -2.36. The smallest absolute Gasteiger partial charge is 0.137 e. The molecule has 1 spiro atoms. The van der Waals surface area contributed by atoms with Gasteiger partial charge in [-0.05, 0) is 105 Å². The number of benzene rings is 10. The van der Waals surface area contributed by atoms with Crippen molar-refractivity contribution in [1.29, 1.82) is 0 Å². The molecule has 1 aliphatic carbocycles. The standard InChI is InChI=1S/C59H36N2OS/c1-2-15-37(16-3-1)60(38-29-31-42-41-18-5-10-25-51(41)61(53(42)35-38)39-30-32-44-43-19-6-11-26-54(43)62-55(44)36-39)52-34-33-45-40-17-4-7-21-47(40)59(50-24-14-20-46(52)58(45)50)48-22-8-12-27-56(48)63-57-28-13-9-23-49(57)59/h1-36H. The number of furan rings is 1. The maximum absolute atomic E-state index is 6.45. The molecule has 4 heteroatoms. The maximum Gasteiger partial charge on any atom is 0.137 e. The van der Waals surface area contributed by atoms with Gasteiger partial charge in [0, 0.05) is 59.9 Å². The fourth-order valence-corrected chi connectivity index (χ4v) is 12.3. The average Bonchev–Trinajstić information content (AvgIpc) is 3.88. The van der Waals surface area contributed by atoms with Gasteiger partial charge in [0.2, 0.25) is 0 Å². The van der Waals surface area contributed by atoms with Gasteiger partial charge >= 0.3 is 0 Å². The molecule has 0 amide bonds. The number of hydrogen-bond donors (Lipinski definition) is 0. The van der Waals surface area contributed by atoms with Crippen molar-refractivity contribution in [3.8, 4) is 16.8 Å². The summed E-state index contributed by atoms with van der Waals surface area (Å²) in [5, 5.41) is 7.18. The molecule has 0 saturated carbocycles. The minimum Gasteiger partial charge on any atom is -0.456 e. The van der Waals surface area contributed by atoms with Gasteiger partial charge in [0.15, 0.2) is 0 Å². The predicted molar refractivity (Wildman–Crippen MR) is 262 cm³/mol. The molecule has 0 unspecified atom stereocenters. The van der Waals surface area contributed by atoms with Gasteiger partial charge in [-0.25, -0.2) is 0 Å². The molecule has 14 rings (SSSR count). The van der Waals surface area contributed by atoms with E-state index in [1.54, 1.807) is 0 Å². The minimum atomic E-state index is -0.501. The monoisotopic (exact) mass is 820 g/mol. The topological polar surface area (TPSA) is 21.3 Å². The largest absolute Gasteiger partial charge is 0.456 e. The number of hydrogen-bond acceptors (Lipinski definition) is 3. The Balaban J connectivity index is 1.04. The quantitative estimate of drug-likeness (QED) is 0.176. The van der Waals surface area contributed by atoms with Gasteiger partial charge in [0.05, 0.1) is 22.1 Å². The Morgan fingerprint density at radius 3 is 1.87 bits per heavy atom. The van der Waals surface area contributed by atoms with Crippen molar-refractivity contribution in [3.63, 3.8) is 0 Å². The average molecular weight is 821 g/mol. The van der Waals surface area contributed by atoms with Crippen molar-refractivity contribution in [2.75, 3.05) is 4.90 Å². The number of anilines is 3. The lowest BCUT2D eigenvalue weighted by molar-refractivity contribution is 0.668. The minimum absolute atomic E-state index is 0.501. The molecule has 0 saturated heterocycles. The zero-order chi connectivity index (χ0) is 41.2. The van der Waals surface area contributed by atoms with Gasteiger partial charge in [0.25, 0.3) is 0 Å². The number of para-hydroxylation sites is 3. The Morgan fingerprint density at radius 1 is 0.397 bits per heavy atom. The maximum atomic E-state index is 6.45. The number of fused-ring (bicyclic) bond motifs is 14. The Kier molecular flexibility index (Phi) is 7.26. The number of aromatic nitrogens is 1. The van der Waals surface area contributed by atoms with Crippen LogP contribution in [0.4, 0.5) is 17.1 Å². The summed E-state index contributed by atoms with van der Waals surface area (Å²) in [6.45, 7) is 0. The first-order valence-corrected chi connectivity index (χ1v) is 22.4. The Bertz CT molecular complexity index is 3810. The van der Waals surface area contributed by atoms with E-state index in [9.17, 15) is 0 Å². The van der Waals surface area contributed by atoms with Crippen molar-refractivity contribution in [3.05, 3.63) is 241 Å². The van der Waals surface area contributed by atoms with Crippen LogP contribution in [0, 0.1) is 0 Å². The van der Waals surface area contributed by atoms with Crippen LogP contribution in [0.1, 0.15) is 22.3 Å². The summed E-state index contributed by atoms with van der Waals surface area (Å²) in [5.74, 6) is 0. The molecule has 0 atom stereocenters. The van der Waals surface area contributed by atoms with Crippen molar-refractivity contribution < 1.29 is 4.42 Å². The number of rotatable bonds is 4. The third-order valence-electron chi connectivity index (χ3n) is 13.6. The second kappa shape index (κ2) is 13.1. The van der Waals surface area contributed by atoms with E-state index in [0.717, 1.165) is 55.7 Å². The summed E-state index contributed by atoms with van der Waals surface area (Å²) < 4.78 is 8.85. The van der Waals surface area contributed by atoms with Crippen LogP contribution in [0.3, 0.4) is 0 Å². The van der Waals surface area contributed by atoms with Crippen LogP contribution in [0.5, 0.6) is 0 Å². The molecule has 0 bridgehead atoms. The first-order valence-electron chi connectivity index (χ1n) is 21.6. The Morgan fingerprint density at radius 2 is 1.03 bits per heavy atom. The van der Waals surface area contributed by atoms with E-state index >= 15 is 0 Å². The molecule has 3 heterocycles. The highest BCUT2D eigenvalue weighted by Gasteiger charge is 2.48. The van der Waals surface area contributed by atoms with Crippen molar-refractivity contribution in [2.24, 2.45) is 0 Å². The van der Waals surface area contributed by atoms with Crippen LogP contribution in [-0.4, -0.2) is 4.57 Å². The highest BCUT2D eigenvalue weighted by atomic mass is 32.2. The molecule has 0 fully saturated rings. The summed E-state index contributed by atoms with van der Waals surface area (Å²) in [6, 6.07) is 80.5. The molecule has 3 nitrogen and oxygen atoms in total. The normalized spacial score (nSPS) is 13.5. The fourth-order valence-electron chi connectivity index (χ4n) is 11.1. The fraction of sp³-hybridized carbons (Fsp3) is 0.0169. The SMILES string of the molecule is c1ccc(N(c2ccc3c4ccccc4n(-c4ccc5c(c4)oc4ccccc45)c3c2)c2ccc3c4c(cccc24)C2(c4ccccc4Sc4ccccc42)c2ccccc2-3)cc1. The van der Waals surface area contributed by atoms with E-state index < -0.39 is 5.41 Å². The van der Waals surface area contributed by atoms with E-state index in [2.05, 4.69) is 216 Å². The summed E-state index contributed by atoms with van der Waals surface area (Å²) >= 11 is 1.89. The van der Waals surface area contributed by atoms with Gasteiger partial charge < -0.3 is 13.9 Å². The summed E-state index contributed by atoms with van der Waals surface area (Å²) in [5.41, 5.74) is 15.8. The van der Waals surface area contributed by atoms with Crippen LogP contribution >= 0.6 is 11.8 Å². The van der Waals surface area contributed by atoms with Gasteiger partial charge in [0.1, 0.15) is 11.2 Å². The van der Waals surface area contributed by atoms with Gasteiger partial charge in [-0.2, -0.15) is 0 Å². The van der Waals surface area contributed by atoms with Gasteiger partial charge in [-0.15, -0.1) is 0 Å². The Labute approximate surface area is 368 Å². The van der Waals surface area contributed by atoms with Crippen LogP contribution in [0.15, 0.2) is 233 Å². The van der Waals surface area contributed by atoms with Crippen LogP contribution in [-0.2, 0) is 5.41 Å². The number of nitrogens with zero attached hydrogens (tertiary/aromatic N) is 2. The second-order valence-corrected chi connectivity index (χ2v) is 17.8. The first-order chi connectivity index (χ1) is 31.3. The van der Waals surface area contributed by atoms with Gasteiger partial charge in [-0.1, -0.05) is 157 Å².